The summed E-state index contributed by atoms with van der Waals surface area (Å²) in [5, 5.41) is 2.89. The van der Waals surface area contributed by atoms with Crippen LogP contribution in [0, 0.1) is 6.92 Å². The Bertz CT molecular complexity index is 1210. The summed E-state index contributed by atoms with van der Waals surface area (Å²) in [5.74, 6) is -0.361. The van der Waals surface area contributed by atoms with Crippen LogP contribution in [0.25, 0.3) is 11.1 Å². The van der Waals surface area contributed by atoms with Crippen LogP contribution in [-0.4, -0.2) is 46.1 Å². The Balaban J connectivity index is 1.73. The monoisotopic (exact) mass is 465 g/mol. The zero-order valence-corrected chi connectivity index (χ0v) is 20.4. The molecule has 1 amide bonds. The molecule has 0 spiro atoms. The van der Waals surface area contributed by atoms with Crippen LogP contribution in [0.5, 0.6) is 0 Å². The Morgan fingerprint density at radius 1 is 0.909 bits per heavy atom. The van der Waals surface area contributed by atoms with Crippen molar-refractivity contribution in [2.75, 3.05) is 31.2 Å². The maximum absolute atomic E-state index is 12.7. The summed E-state index contributed by atoms with van der Waals surface area (Å²) in [5.41, 5.74) is 5.60. The topological polar surface area (TPSA) is 69.7 Å². The minimum absolute atomic E-state index is 0.273. The number of carbonyl (C=O) groups is 1. The fourth-order valence-corrected chi connectivity index (χ4v) is 4.63. The van der Waals surface area contributed by atoms with Crippen LogP contribution in [0.2, 0.25) is 0 Å². The SMILES string of the molecule is Cc1ccccc1N(CC(=O)NCc1ccccc1-c1ccc(CN(C)C)cc1)S(C)(=O)=O. The molecular formula is C26H31N3O3S. The average Bonchev–Trinajstić information content (AvgIpc) is 2.76. The summed E-state index contributed by atoms with van der Waals surface area (Å²) in [7, 11) is 0.462. The number of nitrogens with zero attached hydrogens (tertiary/aromatic N) is 2. The molecule has 0 radical (unpaired) electrons. The van der Waals surface area contributed by atoms with Crippen LogP contribution in [0.4, 0.5) is 5.69 Å². The van der Waals surface area contributed by atoms with Gasteiger partial charge >= 0.3 is 0 Å². The van der Waals surface area contributed by atoms with Gasteiger partial charge in [0.2, 0.25) is 15.9 Å². The van der Waals surface area contributed by atoms with Gasteiger partial charge in [-0.1, -0.05) is 66.7 Å². The van der Waals surface area contributed by atoms with E-state index in [0.717, 1.165) is 39.4 Å². The number of carbonyl (C=O) groups excluding carboxylic acids is 1. The van der Waals surface area contributed by atoms with Gasteiger partial charge in [-0.3, -0.25) is 9.10 Å². The first-order valence-corrected chi connectivity index (χ1v) is 12.6. The van der Waals surface area contributed by atoms with Gasteiger partial charge in [-0.05, 0) is 54.9 Å². The minimum Gasteiger partial charge on any atom is -0.350 e. The lowest BCUT2D eigenvalue weighted by Crippen LogP contribution is -2.40. The van der Waals surface area contributed by atoms with E-state index in [1.165, 1.54) is 5.56 Å². The molecule has 0 aliphatic heterocycles. The lowest BCUT2D eigenvalue weighted by atomic mass is 9.98. The molecule has 3 rings (SSSR count). The van der Waals surface area contributed by atoms with E-state index in [2.05, 4.69) is 34.5 Å². The summed E-state index contributed by atoms with van der Waals surface area (Å²) >= 11 is 0. The summed E-state index contributed by atoms with van der Waals surface area (Å²) in [6, 6.07) is 23.4. The van der Waals surface area contributed by atoms with Crippen molar-refractivity contribution >= 4 is 21.6 Å². The molecule has 6 nitrogen and oxygen atoms in total. The first kappa shape index (κ1) is 24.5. The third kappa shape index (κ3) is 6.66. The Labute approximate surface area is 196 Å². The van der Waals surface area contributed by atoms with Crippen molar-refractivity contribution in [1.82, 2.24) is 10.2 Å². The van der Waals surface area contributed by atoms with Crippen molar-refractivity contribution in [3.05, 3.63) is 89.5 Å². The van der Waals surface area contributed by atoms with Crippen LogP contribution >= 0.6 is 0 Å². The number of nitrogens with one attached hydrogen (secondary N) is 1. The molecule has 0 fully saturated rings. The van der Waals surface area contributed by atoms with E-state index >= 15 is 0 Å². The predicted octanol–water partition coefficient (Wildman–Crippen LogP) is 3.81. The molecule has 0 unspecified atom stereocenters. The van der Waals surface area contributed by atoms with Crippen molar-refractivity contribution < 1.29 is 13.2 Å². The van der Waals surface area contributed by atoms with Crippen LogP contribution < -0.4 is 9.62 Å². The van der Waals surface area contributed by atoms with Gasteiger partial charge in [0.1, 0.15) is 6.54 Å². The molecule has 0 heterocycles. The lowest BCUT2D eigenvalue weighted by Gasteiger charge is -2.23. The normalized spacial score (nSPS) is 11.4. The van der Waals surface area contributed by atoms with Crippen molar-refractivity contribution in [1.29, 1.82) is 0 Å². The number of rotatable bonds is 9. The molecule has 7 heteroatoms. The van der Waals surface area contributed by atoms with E-state index in [4.69, 9.17) is 0 Å². The number of sulfonamides is 1. The van der Waals surface area contributed by atoms with E-state index in [0.29, 0.717) is 12.2 Å². The molecule has 0 saturated carbocycles. The van der Waals surface area contributed by atoms with E-state index in [1.807, 2.05) is 57.4 Å². The summed E-state index contributed by atoms with van der Waals surface area (Å²) in [4.78, 5) is 14.9. The molecular weight excluding hydrogens is 434 g/mol. The third-order valence-corrected chi connectivity index (χ3v) is 6.46. The molecule has 0 aliphatic rings. The highest BCUT2D eigenvalue weighted by Crippen LogP contribution is 2.25. The lowest BCUT2D eigenvalue weighted by molar-refractivity contribution is -0.119. The first-order chi connectivity index (χ1) is 15.6. The highest BCUT2D eigenvalue weighted by molar-refractivity contribution is 7.92. The largest absolute Gasteiger partial charge is 0.350 e. The van der Waals surface area contributed by atoms with Crippen LogP contribution in [0.1, 0.15) is 16.7 Å². The molecule has 0 aromatic heterocycles. The molecule has 0 bridgehead atoms. The van der Waals surface area contributed by atoms with Crippen LogP contribution in [0.3, 0.4) is 0 Å². The molecule has 3 aromatic rings. The van der Waals surface area contributed by atoms with E-state index in [9.17, 15) is 13.2 Å². The molecule has 0 atom stereocenters. The summed E-state index contributed by atoms with van der Waals surface area (Å²) < 4.78 is 25.9. The van der Waals surface area contributed by atoms with E-state index < -0.39 is 10.0 Å². The zero-order chi connectivity index (χ0) is 24.0. The second-order valence-corrected chi connectivity index (χ2v) is 10.3. The smallest absolute Gasteiger partial charge is 0.241 e. The number of hydrogen-bond acceptors (Lipinski definition) is 4. The second-order valence-electron chi connectivity index (χ2n) is 8.42. The highest BCUT2D eigenvalue weighted by atomic mass is 32.2. The molecule has 1 N–H and O–H groups in total. The quantitative estimate of drug-likeness (QED) is 0.522. The fraction of sp³-hybridized carbons (Fsp3) is 0.269. The standard InChI is InChI=1S/C26H31N3O3S/c1-20-9-5-8-12-25(20)29(33(4,31)32)19-26(30)27-17-23-10-6-7-11-24(23)22-15-13-21(14-16-22)18-28(2)3/h5-16H,17-19H2,1-4H3,(H,27,30). The van der Waals surface area contributed by atoms with Gasteiger partial charge in [0.15, 0.2) is 0 Å². The number of para-hydroxylation sites is 1. The van der Waals surface area contributed by atoms with Gasteiger partial charge in [0.05, 0.1) is 11.9 Å². The Morgan fingerprint density at radius 2 is 1.55 bits per heavy atom. The highest BCUT2D eigenvalue weighted by Gasteiger charge is 2.22. The second kappa shape index (κ2) is 10.6. The number of benzene rings is 3. The fourth-order valence-electron chi connectivity index (χ4n) is 3.72. The molecule has 0 aliphatic carbocycles. The van der Waals surface area contributed by atoms with Gasteiger partial charge in [-0.2, -0.15) is 0 Å². The van der Waals surface area contributed by atoms with Crippen molar-refractivity contribution in [2.45, 2.75) is 20.0 Å². The minimum atomic E-state index is -3.61. The predicted molar refractivity (Wildman–Crippen MR) is 134 cm³/mol. The van der Waals surface area contributed by atoms with E-state index in [1.54, 1.807) is 12.1 Å². The zero-order valence-electron chi connectivity index (χ0n) is 19.6. The molecule has 174 valence electrons. The summed E-state index contributed by atoms with van der Waals surface area (Å²) in [6.07, 6.45) is 1.11. The molecule has 33 heavy (non-hydrogen) atoms. The maximum Gasteiger partial charge on any atom is 0.241 e. The Hall–Kier alpha value is -3.16. The Morgan fingerprint density at radius 3 is 2.18 bits per heavy atom. The van der Waals surface area contributed by atoms with Gasteiger partial charge in [-0.25, -0.2) is 8.42 Å². The molecule has 3 aromatic carbocycles. The van der Waals surface area contributed by atoms with Crippen molar-refractivity contribution in [2.24, 2.45) is 0 Å². The first-order valence-electron chi connectivity index (χ1n) is 10.8. The van der Waals surface area contributed by atoms with Gasteiger partial charge in [0, 0.05) is 13.1 Å². The Kier molecular flexibility index (Phi) is 7.89. The van der Waals surface area contributed by atoms with E-state index in [-0.39, 0.29) is 12.5 Å². The maximum atomic E-state index is 12.7. The van der Waals surface area contributed by atoms with Crippen molar-refractivity contribution in [3.63, 3.8) is 0 Å². The number of anilines is 1. The molecule has 0 saturated heterocycles. The summed E-state index contributed by atoms with van der Waals surface area (Å²) in [6.45, 7) is 2.73. The average molecular weight is 466 g/mol. The van der Waals surface area contributed by atoms with Crippen molar-refractivity contribution in [3.8, 4) is 11.1 Å². The van der Waals surface area contributed by atoms with Crippen LogP contribution in [-0.2, 0) is 27.9 Å². The van der Waals surface area contributed by atoms with Crippen LogP contribution in [0.15, 0.2) is 72.8 Å². The van der Waals surface area contributed by atoms with Gasteiger partial charge < -0.3 is 10.2 Å². The van der Waals surface area contributed by atoms with Gasteiger partial charge in [-0.15, -0.1) is 0 Å². The third-order valence-electron chi connectivity index (χ3n) is 5.33. The number of amides is 1. The number of aryl methyl sites for hydroxylation is 1. The van der Waals surface area contributed by atoms with Gasteiger partial charge in [0.25, 0.3) is 0 Å². The number of hydrogen-bond donors (Lipinski definition) is 1.